The molecule has 0 bridgehead atoms. The van der Waals surface area contributed by atoms with Crippen molar-refractivity contribution in [2.75, 3.05) is 18.9 Å². The molecule has 0 fully saturated rings. The third-order valence-corrected chi connectivity index (χ3v) is 5.21. The van der Waals surface area contributed by atoms with E-state index in [-0.39, 0.29) is 13.0 Å². The molecule has 0 saturated carbocycles. The fourth-order valence-corrected chi connectivity index (χ4v) is 3.52. The molecule has 1 heterocycles. The molecule has 0 radical (unpaired) electrons. The maximum atomic E-state index is 12.8. The zero-order chi connectivity index (χ0) is 24.2. The van der Waals surface area contributed by atoms with Crippen LogP contribution in [0.4, 0.5) is 5.69 Å². The minimum atomic E-state index is -1.09. The van der Waals surface area contributed by atoms with Gasteiger partial charge in [-0.25, -0.2) is 9.59 Å². The highest BCUT2D eigenvalue weighted by atomic mass is 16.6. The number of H-pyrrole nitrogens is 1. The van der Waals surface area contributed by atoms with Crippen molar-refractivity contribution in [3.8, 4) is 0 Å². The van der Waals surface area contributed by atoms with Gasteiger partial charge >= 0.3 is 11.9 Å². The van der Waals surface area contributed by atoms with Gasteiger partial charge in [-0.3, -0.25) is 4.79 Å². The number of esters is 1. The zero-order valence-corrected chi connectivity index (χ0v) is 19.2. The van der Waals surface area contributed by atoms with Crippen LogP contribution in [0.3, 0.4) is 0 Å². The maximum Gasteiger partial charge on any atom is 0.340 e. The number of aromatic amines is 1. The number of carboxylic acid groups (broad SMARTS) is 1. The summed E-state index contributed by atoms with van der Waals surface area (Å²) in [5.74, 6) is -2.01. The Morgan fingerprint density at radius 1 is 1.09 bits per heavy atom. The Balaban J connectivity index is 1.70. The molecule has 3 rings (SSSR count). The maximum absolute atomic E-state index is 12.8. The van der Waals surface area contributed by atoms with Crippen LogP contribution in [0.2, 0.25) is 0 Å². The molecule has 8 nitrogen and oxygen atoms in total. The van der Waals surface area contributed by atoms with Crippen molar-refractivity contribution in [2.45, 2.75) is 38.8 Å². The summed E-state index contributed by atoms with van der Waals surface area (Å²) in [7, 11) is 1.47. The number of carbonyl (C=O) groups excluding carboxylic acids is 2. The normalized spacial score (nSPS) is 12.2. The third-order valence-electron chi connectivity index (χ3n) is 5.21. The van der Waals surface area contributed by atoms with Gasteiger partial charge in [-0.1, -0.05) is 30.3 Å². The second kappa shape index (κ2) is 9.77. The Hall–Kier alpha value is -3.81. The predicted molar refractivity (Wildman–Crippen MR) is 126 cm³/mol. The molecular weight excluding hydrogens is 422 g/mol. The molecule has 174 valence electrons. The summed E-state index contributed by atoms with van der Waals surface area (Å²) < 4.78 is 5.43. The van der Waals surface area contributed by atoms with E-state index in [2.05, 4.69) is 10.3 Å². The smallest absolute Gasteiger partial charge is 0.340 e. The number of hydrogen-bond donors (Lipinski definition) is 3. The highest BCUT2D eigenvalue weighted by molar-refractivity contribution is 5.97. The molecule has 8 heteroatoms. The average molecular weight is 452 g/mol. The molecule has 1 aromatic heterocycles. The fourth-order valence-electron chi connectivity index (χ4n) is 3.52. The van der Waals surface area contributed by atoms with E-state index in [1.165, 1.54) is 11.9 Å². The highest BCUT2D eigenvalue weighted by Crippen LogP contribution is 2.22. The standard InChI is InChI=1S/C25H29N3O5/c1-25(2,3)33-24(32)18-10-6-8-12-20(18)27-15-22(29)28(4)21(23(30)31)13-16-14-26-19-11-7-5-9-17(16)19/h5-12,14,21,26-27H,13,15H2,1-4H3,(H,30,31)/t21-/m0/s1. The van der Waals surface area contributed by atoms with Crippen LogP contribution in [0, 0.1) is 0 Å². The lowest BCUT2D eigenvalue weighted by molar-refractivity contribution is -0.148. The molecule has 2 aromatic carbocycles. The van der Waals surface area contributed by atoms with Gasteiger partial charge in [-0.2, -0.15) is 0 Å². The van der Waals surface area contributed by atoms with Gasteiger partial charge in [-0.15, -0.1) is 0 Å². The van der Waals surface area contributed by atoms with Crippen LogP contribution >= 0.6 is 0 Å². The molecule has 0 saturated heterocycles. The van der Waals surface area contributed by atoms with Crippen molar-refractivity contribution in [3.05, 3.63) is 65.9 Å². The lowest BCUT2D eigenvalue weighted by atomic mass is 10.0. The Bertz CT molecular complexity index is 1160. The van der Waals surface area contributed by atoms with E-state index < -0.39 is 29.5 Å². The van der Waals surface area contributed by atoms with Crippen molar-refractivity contribution in [1.82, 2.24) is 9.88 Å². The number of amides is 1. The number of rotatable bonds is 8. The topological polar surface area (TPSA) is 112 Å². The molecule has 0 spiro atoms. The number of para-hydroxylation sites is 2. The van der Waals surface area contributed by atoms with E-state index >= 15 is 0 Å². The summed E-state index contributed by atoms with van der Waals surface area (Å²) in [5.41, 5.74) is 1.82. The molecule has 33 heavy (non-hydrogen) atoms. The van der Waals surface area contributed by atoms with Crippen molar-refractivity contribution in [1.29, 1.82) is 0 Å². The van der Waals surface area contributed by atoms with Gasteiger partial charge in [0.25, 0.3) is 0 Å². The number of fused-ring (bicyclic) bond motifs is 1. The number of aromatic nitrogens is 1. The second-order valence-electron chi connectivity index (χ2n) is 8.82. The zero-order valence-electron chi connectivity index (χ0n) is 19.2. The number of ether oxygens (including phenoxy) is 1. The molecule has 0 aliphatic rings. The number of hydrogen-bond acceptors (Lipinski definition) is 5. The van der Waals surface area contributed by atoms with Gasteiger partial charge in [-0.05, 0) is 44.5 Å². The van der Waals surface area contributed by atoms with Crippen LogP contribution in [0.5, 0.6) is 0 Å². The van der Waals surface area contributed by atoms with Gasteiger partial charge in [0, 0.05) is 36.3 Å². The number of carboxylic acids is 1. The van der Waals surface area contributed by atoms with Crippen LogP contribution in [0.1, 0.15) is 36.7 Å². The molecule has 0 unspecified atom stereocenters. The van der Waals surface area contributed by atoms with Gasteiger partial charge in [0.15, 0.2) is 0 Å². The highest BCUT2D eigenvalue weighted by Gasteiger charge is 2.28. The van der Waals surface area contributed by atoms with E-state index in [9.17, 15) is 19.5 Å². The quantitative estimate of drug-likeness (QED) is 0.451. The minimum absolute atomic E-state index is 0.163. The molecule has 0 aliphatic heterocycles. The van der Waals surface area contributed by atoms with Crippen molar-refractivity contribution < 1.29 is 24.2 Å². The number of likely N-dealkylation sites (N-methyl/N-ethyl adjacent to an activating group) is 1. The van der Waals surface area contributed by atoms with E-state index in [4.69, 9.17) is 4.74 Å². The molecule has 1 amide bonds. The van der Waals surface area contributed by atoms with Gasteiger partial charge in [0.1, 0.15) is 11.6 Å². The summed E-state index contributed by atoms with van der Waals surface area (Å²) in [5, 5.41) is 13.7. The number of carbonyl (C=O) groups is 3. The van der Waals surface area contributed by atoms with Crippen molar-refractivity contribution in [2.24, 2.45) is 0 Å². The monoisotopic (exact) mass is 451 g/mol. The summed E-state index contributed by atoms with van der Waals surface area (Å²) in [6.07, 6.45) is 1.93. The molecule has 1 atom stereocenters. The molecule has 3 aromatic rings. The van der Waals surface area contributed by atoms with E-state index in [0.717, 1.165) is 16.5 Å². The summed E-state index contributed by atoms with van der Waals surface area (Å²) in [6.45, 7) is 5.16. The van der Waals surface area contributed by atoms with Crippen LogP contribution in [-0.4, -0.2) is 58.1 Å². The molecule has 3 N–H and O–H groups in total. The largest absolute Gasteiger partial charge is 0.480 e. The second-order valence-corrected chi connectivity index (χ2v) is 8.82. The van der Waals surface area contributed by atoms with Crippen LogP contribution < -0.4 is 5.32 Å². The van der Waals surface area contributed by atoms with Gasteiger partial charge < -0.3 is 25.0 Å². The summed E-state index contributed by atoms with van der Waals surface area (Å²) in [4.78, 5) is 41.7. The minimum Gasteiger partial charge on any atom is -0.480 e. The first-order valence-electron chi connectivity index (χ1n) is 10.7. The van der Waals surface area contributed by atoms with E-state index in [1.54, 1.807) is 51.2 Å². The Labute approximate surface area is 192 Å². The van der Waals surface area contributed by atoms with Crippen molar-refractivity contribution in [3.63, 3.8) is 0 Å². The van der Waals surface area contributed by atoms with Crippen LogP contribution in [-0.2, 0) is 20.7 Å². The Kier molecular flexibility index (Phi) is 7.06. The molecule has 0 aliphatic carbocycles. The molecular formula is C25H29N3O5. The average Bonchev–Trinajstić information content (AvgIpc) is 3.17. The number of benzene rings is 2. The lowest BCUT2D eigenvalue weighted by Gasteiger charge is -2.25. The number of aliphatic carboxylic acids is 1. The SMILES string of the molecule is CN(C(=O)CNc1ccccc1C(=O)OC(C)(C)C)[C@@H](Cc1c[nH]c2ccccc12)C(=O)O. The Morgan fingerprint density at radius 2 is 1.76 bits per heavy atom. The predicted octanol–water partition coefficient (Wildman–Crippen LogP) is 3.69. The van der Waals surface area contributed by atoms with E-state index in [0.29, 0.717) is 11.3 Å². The fraction of sp³-hybridized carbons (Fsp3) is 0.320. The number of anilines is 1. The van der Waals surface area contributed by atoms with Gasteiger partial charge in [0.2, 0.25) is 5.91 Å². The number of nitrogens with one attached hydrogen (secondary N) is 2. The third kappa shape index (κ3) is 5.91. The van der Waals surface area contributed by atoms with Crippen LogP contribution in [0.15, 0.2) is 54.7 Å². The first kappa shape index (κ1) is 23.8. The Morgan fingerprint density at radius 3 is 2.45 bits per heavy atom. The lowest BCUT2D eigenvalue weighted by Crippen LogP contribution is -2.46. The summed E-state index contributed by atoms with van der Waals surface area (Å²) >= 11 is 0. The first-order valence-corrected chi connectivity index (χ1v) is 10.7. The van der Waals surface area contributed by atoms with E-state index in [1.807, 2.05) is 24.3 Å². The van der Waals surface area contributed by atoms with Crippen molar-refractivity contribution >= 4 is 34.4 Å². The summed E-state index contributed by atoms with van der Waals surface area (Å²) in [6, 6.07) is 13.3. The number of nitrogens with zero attached hydrogens (tertiary/aromatic N) is 1. The van der Waals surface area contributed by atoms with Gasteiger partial charge in [0.05, 0.1) is 12.1 Å². The first-order chi connectivity index (χ1) is 15.6. The van der Waals surface area contributed by atoms with Crippen LogP contribution in [0.25, 0.3) is 10.9 Å².